The molecule has 0 aliphatic carbocycles. The van der Waals surface area contributed by atoms with Crippen LogP contribution in [0.2, 0.25) is 0 Å². The van der Waals surface area contributed by atoms with Crippen molar-refractivity contribution < 1.29 is 32.2 Å². The summed E-state index contributed by atoms with van der Waals surface area (Å²) in [5.74, 6) is -0.249. The Labute approximate surface area is 294 Å². The van der Waals surface area contributed by atoms with Gasteiger partial charge in [0, 0.05) is 49.6 Å². The fourth-order valence-corrected chi connectivity index (χ4v) is 5.69. The summed E-state index contributed by atoms with van der Waals surface area (Å²) in [6.45, 7) is 15.2. The first kappa shape index (κ1) is 41.7. The Morgan fingerprint density at radius 3 is 2.28 bits per heavy atom. The van der Waals surface area contributed by atoms with Gasteiger partial charge in [-0.3, -0.25) is 9.78 Å². The lowest BCUT2D eigenvalue weighted by molar-refractivity contribution is -0.137. The van der Waals surface area contributed by atoms with Crippen molar-refractivity contribution in [3.63, 3.8) is 0 Å². The van der Waals surface area contributed by atoms with Gasteiger partial charge in [-0.15, -0.1) is 0 Å². The van der Waals surface area contributed by atoms with Crippen LogP contribution in [0.5, 0.6) is 5.75 Å². The smallest absolute Gasteiger partial charge is 0.416 e. The summed E-state index contributed by atoms with van der Waals surface area (Å²) < 4.78 is 58.7. The van der Waals surface area contributed by atoms with Crippen molar-refractivity contribution >= 4 is 17.4 Å². The molecule has 50 heavy (non-hydrogen) atoms. The van der Waals surface area contributed by atoms with E-state index >= 15 is 0 Å². The molecular weight excluding hydrogens is 648 g/mol. The maximum atomic E-state index is 13.6. The molecular formula is C39H50F4N4O3. The normalized spacial score (nSPS) is 14.5. The Bertz CT molecular complexity index is 1540. The number of ether oxygens (including phenoxy) is 1. The SMILES string of the molecule is C=C(c1ccc(C(F)(F)F)cc1OC)N(C(C)=O)C(C(/C=C\CO)=C/CC)C(C)c1ccc(F)cc1.CC.c1cnc(N2CCCCC2)cn1. The van der Waals surface area contributed by atoms with Crippen LogP contribution in [-0.4, -0.2) is 58.7 Å². The van der Waals surface area contributed by atoms with E-state index in [1.165, 1.54) is 62.5 Å². The number of aromatic nitrogens is 2. The topological polar surface area (TPSA) is 78.8 Å². The Balaban J connectivity index is 0.000000511. The Hall–Kier alpha value is -4.51. The predicted molar refractivity (Wildman–Crippen MR) is 192 cm³/mol. The molecule has 1 amide bonds. The van der Waals surface area contributed by atoms with Gasteiger partial charge in [-0.25, -0.2) is 9.37 Å². The molecule has 4 rings (SSSR count). The molecule has 0 bridgehead atoms. The number of carbonyl (C=O) groups is 1. The number of allylic oxidation sites excluding steroid dienone is 1. The monoisotopic (exact) mass is 698 g/mol. The Kier molecular flexibility index (Phi) is 17.4. The van der Waals surface area contributed by atoms with E-state index in [9.17, 15) is 27.5 Å². The van der Waals surface area contributed by atoms with Crippen molar-refractivity contribution in [1.82, 2.24) is 14.9 Å². The van der Waals surface area contributed by atoms with Crippen LogP contribution in [0.25, 0.3) is 5.70 Å². The summed E-state index contributed by atoms with van der Waals surface area (Å²) in [4.78, 5) is 25.1. The minimum absolute atomic E-state index is 0.0822. The lowest BCUT2D eigenvalue weighted by Gasteiger charge is -2.38. The third kappa shape index (κ3) is 11.8. The molecule has 1 aliphatic heterocycles. The van der Waals surface area contributed by atoms with Crippen molar-refractivity contribution in [1.29, 1.82) is 0 Å². The number of carbonyl (C=O) groups excluding carboxylic acids is 1. The number of aliphatic hydroxyl groups excluding tert-OH is 1. The number of aliphatic hydroxyl groups is 1. The molecule has 1 aliphatic rings. The van der Waals surface area contributed by atoms with Crippen molar-refractivity contribution in [2.45, 2.75) is 78.4 Å². The van der Waals surface area contributed by atoms with E-state index in [0.29, 0.717) is 12.0 Å². The second-order valence-electron chi connectivity index (χ2n) is 11.3. The average molecular weight is 699 g/mol. The van der Waals surface area contributed by atoms with Crippen molar-refractivity contribution in [3.8, 4) is 5.75 Å². The van der Waals surface area contributed by atoms with E-state index in [-0.39, 0.29) is 29.5 Å². The molecule has 3 aromatic rings. The third-order valence-corrected chi connectivity index (χ3v) is 8.04. The lowest BCUT2D eigenvalue weighted by Crippen LogP contribution is -2.41. The highest BCUT2D eigenvalue weighted by Crippen LogP contribution is 2.39. The van der Waals surface area contributed by atoms with Crippen LogP contribution in [0.1, 0.15) is 82.9 Å². The second-order valence-corrected chi connectivity index (χ2v) is 11.3. The number of benzene rings is 2. The summed E-state index contributed by atoms with van der Waals surface area (Å²) >= 11 is 0. The van der Waals surface area contributed by atoms with Crippen LogP contribution in [-0.2, 0) is 11.0 Å². The number of amides is 1. The van der Waals surface area contributed by atoms with Crippen LogP contribution in [0, 0.1) is 5.82 Å². The zero-order chi connectivity index (χ0) is 37.3. The molecule has 1 aromatic heterocycles. The van der Waals surface area contributed by atoms with Gasteiger partial charge in [0.2, 0.25) is 5.91 Å². The number of rotatable bonds is 11. The second kappa shape index (κ2) is 20.9. The molecule has 1 saturated heterocycles. The molecule has 2 unspecified atom stereocenters. The number of alkyl halides is 3. The molecule has 1 N–H and O–H groups in total. The van der Waals surface area contributed by atoms with Gasteiger partial charge in [-0.2, -0.15) is 13.2 Å². The number of hydrogen-bond donors (Lipinski definition) is 1. The van der Waals surface area contributed by atoms with Gasteiger partial charge in [-0.05, 0) is 67.2 Å². The summed E-state index contributed by atoms with van der Waals surface area (Å²) in [6, 6.07) is 8.21. The largest absolute Gasteiger partial charge is 0.496 e. The number of halogens is 4. The standard InChI is InChI=1S/C28H31F4NO3.C9H13N3.C2H6/c1-6-8-22(9-7-16-34)27(18(2)21-10-13-24(29)14-11-21)33(20(4)35)19(3)25-15-12-23(28(30,31)32)17-26(25)36-5;1-2-6-12(7-3-1)9-8-10-4-5-11-9;1-2/h7-15,17-18,27,34H,3,6,16H2,1-2,4-5H3;4-5,8H,1-3,6-7H2;1-2H3/b9-7-,22-8+;;. The molecule has 7 nitrogen and oxygen atoms in total. The van der Waals surface area contributed by atoms with Crippen LogP contribution in [0.3, 0.4) is 0 Å². The van der Waals surface area contributed by atoms with E-state index in [1.807, 2.05) is 40.0 Å². The predicted octanol–water partition coefficient (Wildman–Crippen LogP) is 9.22. The molecule has 2 heterocycles. The van der Waals surface area contributed by atoms with Gasteiger partial charge in [0.15, 0.2) is 0 Å². The first-order valence-corrected chi connectivity index (χ1v) is 16.9. The molecule has 2 atom stereocenters. The number of anilines is 1. The van der Waals surface area contributed by atoms with E-state index < -0.39 is 29.5 Å². The zero-order valence-electron chi connectivity index (χ0n) is 29.9. The fourth-order valence-electron chi connectivity index (χ4n) is 5.69. The molecule has 0 saturated carbocycles. The number of hydrogen-bond acceptors (Lipinski definition) is 6. The Morgan fingerprint density at radius 1 is 1.10 bits per heavy atom. The number of nitrogens with zero attached hydrogens (tertiary/aromatic N) is 4. The quantitative estimate of drug-likeness (QED) is 0.159. The first-order chi connectivity index (χ1) is 23.9. The van der Waals surface area contributed by atoms with E-state index in [4.69, 9.17) is 4.74 Å². The van der Waals surface area contributed by atoms with Crippen molar-refractivity contribution in [2.75, 3.05) is 31.7 Å². The van der Waals surface area contributed by atoms with Crippen LogP contribution in [0.4, 0.5) is 23.4 Å². The van der Waals surface area contributed by atoms with Crippen LogP contribution < -0.4 is 9.64 Å². The van der Waals surface area contributed by atoms with Crippen molar-refractivity contribution in [2.24, 2.45) is 0 Å². The lowest BCUT2D eigenvalue weighted by atomic mass is 9.85. The van der Waals surface area contributed by atoms with E-state index in [0.717, 1.165) is 36.6 Å². The molecule has 0 spiro atoms. The van der Waals surface area contributed by atoms with E-state index in [2.05, 4.69) is 21.4 Å². The average Bonchev–Trinajstić information content (AvgIpc) is 3.13. The molecule has 2 aromatic carbocycles. The van der Waals surface area contributed by atoms with Crippen molar-refractivity contribution in [3.05, 3.63) is 114 Å². The third-order valence-electron chi connectivity index (χ3n) is 8.04. The maximum Gasteiger partial charge on any atom is 0.416 e. The van der Waals surface area contributed by atoms with Crippen LogP contribution >= 0.6 is 0 Å². The summed E-state index contributed by atoms with van der Waals surface area (Å²) in [5, 5.41) is 9.38. The van der Waals surface area contributed by atoms with Gasteiger partial charge in [0.1, 0.15) is 17.4 Å². The zero-order valence-corrected chi connectivity index (χ0v) is 29.9. The highest BCUT2D eigenvalue weighted by molar-refractivity contribution is 5.87. The minimum atomic E-state index is -4.57. The highest BCUT2D eigenvalue weighted by Gasteiger charge is 2.35. The summed E-state index contributed by atoms with van der Waals surface area (Å²) in [7, 11) is 1.25. The molecule has 11 heteroatoms. The molecule has 0 radical (unpaired) electrons. The number of methoxy groups -OCH3 is 1. The number of piperidine rings is 1. The molecule has 1 fully saturated rings. The summed E-state index contributed by atoms with van der Waals surface area (Å²) in [5.41, 5.74) is 0.897. The first-order valence-electron chi connectivity index (χ1n) is 16.9. The van der Waals surface area contributed by atoms with Gasteiger partial charge in [0.25, 0.3) is 0 Å². The van der Waals surface area contributed by atoms with E-state index in [1.54, 1.807) is 30.6 Å². The molecule has 272 valence electrons. The van der Waals surface area contributed by atoms with Gasteiger partial charge in [0.05, 0.1) is 31.5 Å². The minimum Gasteiger partial charge on any atom is -0.496 e. The maximum absolute atomic E-state index is 13.6. The van der Waals surface area contributed by atoms with Gasteiger partial charge in [-0.1, -0.05) is 64.6 Å². The highest BCUT2D eigenvalue weighted by atomic mass is 19.4. The van der Waals surface area contributed by atoms with Gasteiger partial charge < -0.3 is 19.6 Å². The van der Waals surface area contributed by atoms with Gasteiger partial charge >= 0.3 is 6.18 Å². The Morgan fingerprint density at radius 2 is 1.76 bits per heavy atom. The fraction of sp³-hybridized carbons (Fsp3) is 0.410. The van der Waals surface area contributed by atoms with Crippen LogP contribution in [0.15, 0.2) is 91.4 Å². The summed E-state index contributed by atoms with van der Waals surface area (Å²) in [6.07, 6.45) is 10.4.